The van der Waals surface area contributed by atoms with Gasteiger partial charge in [-0.2, -0.15) is 0 Å². The Balaban J connectivity index is 2.65. The highest BCUT2D eigenvalue weighted by Crippen LogP contribution is 2.27. The van der Waals surface area contributed by atoms with Crippen LogP contribution in [0.3, 0.4) is 0 Å². The van der Waals surface area contributed by atoms with Crippen molar-refractivity contribution in [2.24, 2.45) is 0 Å². The smallest absolute Gasteiger partial charge is 0.264 e. The van der Waals surface area contributed by atoms with Crippen molar-refractivity contribution >= 4 is 78.6 Å². The number of carbonyl (C=O) groups excluding carboxylic acids is 3. The summed E-state index contributed by atoms with van der Waals surface area (Å²) in [7, 11) is -8.73. The van der Waals surface area contributed by atoms with Gasteiger partial charge in [-0.05, 0) is 74.3 Å². The molecule has 2 rings (SSSR count). The highest BCUT2D eigenvalue weighted by molar-refractivity contribution is 7.90. The number of hydrogen-bond acceptors (Lipinski definition) is 8. The zero-order valence-electron chi connectivity index (χ0n) is 24.6. The van der Waals surface area contributed by atoms with Crippen LogP contribution in [0.4, 0.5) is 11.4 Å². The van der Waals surface area contributed by atoms with Gasteiger partial charge in [0.15, 0.2) is 5.11 Å². The van der Waals surface area contributed by atoms with Crippen LogP contribution in [0.2, 0.25) is 0 Å². The molecule has 5 N–H and O–H groups in total. The average molecular weight is 652 g/mol. The van der Waals surface area contributed by atoms with Crippen molar-refractivity contribution < 1.29 is 31.2 Å². The maximum atomic E-state index is 13.3. The van der Waals surface area contributed by atoms with Gasteiger partial charge in [-0.15, -0.1) is 0 Å². The molecule has 0 aromatic heterocycles. The third-order valence-electron chi connectivity index (χ3n) is 5.50. The molecular weight excluding hydrogens is 615 g/mol. The van der Waals surface area contributed by atoms with Crippen molar-refractivity contribution in [2.75, 3.05) is 10.6 Å². The molecule has 234 valence electrons. The van der Waals surface area contributed by atoms with Gasteiger partial charge >= 0.3 is 0 Å². The Hall–Kier alpha value is -3.82. The molecule has 0 unspecified atom stereocenters. The number of hydrogen-bond donors (Lipinski definition) is 5. The summed E-state index contributed by atoms with van der Waals surface area (Å²) in [5.74, 6) is -1.82. The summed E-state index contributed by atoms with van der Waals surface area (Å²) in [5.41, 5.74) is 0.750. The molecule has 0 aliphatic heterocycles. The molecule has 0 atom stereocenters. The summed E-state index contributed by atoms with van der Waals surface area (Å²) in [6.45, 7) is 8.49. The lowest BCUT2D eigenvalue weighted by Gasteiger charge is -2.16. The van der Waals surface area contributed by atoms with E-state index in [9.17, 15) is 31.2 Å². The summed E-state index contributed by atoms with van der Waals surface area (Å²) < 4.78 is 57.0. The maximum Gasteiger partial charge on any atom is 0.264 e. The molecule has 2 aromatic carbocycles. The molecule has 43 heavy (non-hydrogen) atoms. The first kappa shape index (κ1) is 35.4. The lowest BCUT2D eigenvalue weighted by atomic mass is 10.1. The predicted molar refractivity (Wildman–Crippen MR) is 171 cm³/mol. The van der Waals surface area contributed by atoms with Crippen molar-refractivity contribution in [1.29, 1.82) is 0 Å². The van der Waals surface area contributed by atoms with Crippen LogP contribution >= 0.6 is 12.2 Å². The SMILES string of the molecule is CCCC(=O)NS(=O)(=O)c1cc(NC(C)=O)ccc1/C=C/c1ccc(NC(=S)NC(C)C)cc1S(=O)(=O)NC(=O)CCC. The quantitative estimate of drug-likeness (QED) is 0.158. The monoisotopic (exact) mass is 651 g/mol. The Labute approximate surface area is 258 Å². The molecule has 2 aromatic rings. The van der Waals surface area contributed by atoms with E-state index < -0.39 is 37.8 Å². The minimum absolute atomic E-state index is 0.00362. The van der Waals surface area contributed by atoms with Gasteiger partial charge in [0.2, 0.25) is 17.7 Å². The first-order valence-electron chi connectivity index (χ1n) is 13.5. The zero-order chi connectivity index (χ0) is 32.4. The van der Waals surface area contributed by atoms with E-state index >= 15 is 0 Å². The molecule has 3 amide bonds. The molecule has 0 saturated heterocycles. The van der Waals surface area contributed by atoms with Gasteiger partial charge < -0.3 is 16.0 Å². The number of rotatable bonds is 13. The zero-order valence-corrected chi connectivity index (χ0v) is 27.1. The van der Waals surface area contributed by atoms with Gasteiger partial charge in [-0.1, -0.05) is 38.1 Å². The van der Waals surface area contributed by atoms with Gasteiger partial charge in [0.05, 0.1) is 9.79 Å². The van der Waals surface area contributed by atoms with Gasteiger partial charge in [0.25, 0.3) is 20.0 Å². The number of thiocarbonyl (C=S) groups is 1. The van der Waals surface area contributed by atoms with E-state index in [0.717, 1.165) is 0 Å². The standard InChI is InChI=1S/C28H37N5O7S3/c1-6-8-26(35)32-42(37,38)24-16-22(30-19(5)34)14-12-20(24)10-11-21-13-15-23(31-28(41)29-18(3)4)17-25(21)43(39,40)33-27(36)9-7-2/h10-18H,6-9H2,1-5H3,(H,30,34)(H,32,35)(H,33,36)(H2,29,31,41)/b11-10+. The molecule has 0 aliphatic rings. The number of benzene rings is 2. The number of carbonyl (C=O) groups is 3. The molecule has 0 fully saturated rings. The third-order valence-corrected chi connectivity index (χ3v) is 8.58. The molecule has 0 heterocycles. The molecule has 0 spiro atoms. The summed E-state index contributed by atoms with van der Waals surface area (Å²) >= 11 is 5.26. The van der Waals surface area contributed by atoms with Crippen molar-refractivity contribution in [2.45, 2.75) is 76.1 Å². The summed E-state index contributed by atoms with van der Waals surface area (Å²) in [5, 5.41) is 8.67. The van der Waals surface area contributed by atoms with Gasteiger partial charge in [0, 0.05) is 37.2 Å². The van der Waals surface area contributed by atoms with Crippen LogP contribution in [-0.2, 0) is 34.4 Å². The lowest BCUT2D eigenvalue weighted by molar-refractivity contribution is -0.120. The van der Waals surface area contributed by atoms with Crippen LogP contribution in [0.5, 0.6) is 0 Å². The number of amides is 3. The van der Waals surface area contributed by atoms with Crippen LogP contribution in [0.1, 0.15) is 71.4 Å². The second-order valence-electron chi connectivity index (χ2n) is 9.83. The normalized spacial score (nSPS) is 11.7. The Kier molecular flexibility index (Phi) is 12.8. The highest BCUT2D eigenvalue weighted by Gasteiger charge is 2.23. The van der Waals surface area contributed by atoms with Crippen molar-refractivity contribution in [3.63, 3.8) is 0 Å². The Morgan fingerprint density at radius 1 is 0.767 bits per heavy atom. The van der Waals surface area contributed by atoms with Gasteiger partial charge in [0.1, 0.15) is 0 Å². The molecule has 0 radical (unpaired) electrons. The summed E-state index contributed by atoms with van der Waals surface area (Å²) in [6.07, 6.45) is 3.57. The van der Waals surface area contributed by atoms with E-state index in [2.05, 4.69) is 20.7 Å². The Morgan fingerprint density at radius 2 is 1.19 bits per heavy atom. The minimum atomic E-state index is -4.37. The predicted octanol–water partition coefficient (Wildman–Crippen LogP) is 3.72. The minimum Gasteiger partial charge on any atom is -0.360 e. The van der Waals surface area contributed by atoms with Gasteiger partial charge in [-0.3, -0.25) is 14.4 Å². The Morgan fingerprint density at radius 3 is 1.56 bits per heavy atom. The second kappa shape index (κ2) is 15.6. The van der Waals surface area contributed by atoms with Gasteiger partial charge in [-0.25, -0.2) is 26.3 Å². The topological polar surface area (TPSA) is 180 Å². The van der Waals surface area contributed by atoms with Crippen molar-refractivity contribution in [3.8, 4) is 0 Å². The van der Waals surface area contributed by atoms with Crippen molar-refractivity contribution in [1.82, 2.24) is 14.8 Å². The molecular formula is C28H37N5O7S3. The first-order valence-corrected chi connectivity index (χ1v) is 16.9. The van der Waals surface area contributed by atoms with E-state index in [0.29, 0.717) is 18.5 Å². The fraction of sp³-hybridized carbons (Fsp3) is 0.357. The van der Waals surface area contributed by atoms with Crippen LogP contribution in [-0.4, -0.2) is 45.7 Å². The lowest BCUT2D eigenvalue weighted by Crippen LogP contribution is -2.34. The molecule has 0 saturated carbocycles. The molecule has 0 aliphatic carbocycles. The number of nitrogens with one attached hydrogen (secondary N) is 5. The summed E-state index contributed by atoms with van der Waals surface area (Å²) in [6, 6.07) is 8.43. The number of anilines is 2. The van der Waals surface area contributed by atoms with E-state index in [4.69, 9.17) is 12.2 Å². The fourth-order valence-electron chi connectivity index (χ4n) is 3.74. The van der Waals surface area contributed by atoms with E-state index in [1.807, 2.05) is 18.6 Å². The molecule has 0 bridgehead atoms. The van der Waals surface area contributed by atoms with E-state index in [1.54, 1.807) is 19.9 Å². The fourth-order valence-corrected chi connectivity index (χ4v) is 6.58. The molecule has 15 heteroatoms. The van der Waals surface area contributed by atoms with Crippen LogP contribution in [0.25, 0.3) is 12.2 Å². The Bertz CT molecular complexity index is 1620. The third kappa shape index (κ3) is 11.1. The van der Waals surface area contributed by atoms with Crippen molar-refractivity contribution in [3.05, 3.63) is 47.5 Å². The number of sulfonamides is 2. The van der Waals surface area contributed by atoms with E-state index in [-0.39, 0.29) is 50.6 Å². The van der Waals surface area contributed by atoms with Crippen LogP contribution in [0.15, 0.2) is 46.2 Å². The van der Waals surface area contributed by atoms with Crippen LogP contribution in [0, 0.1) is 0 Å². The van der Waals surface area contributed by atoms with Crippen LogP contribution < -0.4 is 25.4 Å². The molecule has 12 nitrogen and oxygen atoms in total. The second-order valence-corrected chi connectivity index (χ2v) is 13.5. The maximum absolute atomic E-state index is 13.3. The summed E-state index contributed by atoms with van der Waals surface area (Å²) in [4.78, 5) is 35.4. The highest BCUT2D eigenvalue weighted by atomic mass is 32.2. The average Bonchev–Trinajstić information content (AvgIpc) is 2.87. The largest absolute Gasteiger partial charge is 0.360 e. The van der Waals surface area contributed by atoms with E-state index in [1.165, 1.54) is 49.4 Å². The first-order chi connectivity index (χ1) is 20.1.